The summed E-state index contributed by atoms with van der Waals surface area (Å²) in [6, 6.07) is 6.15. The highest BCUT2D eigenvalue weighted by Crippen LogP contribution is 2.27. The molecule has 1 saturated heterocycles. The quantitative estimate of drug-likeness (QED) is 0.939. The molecule has 2 atom stereocenters. The van der Waals surface area contributed by atoms with Crippen molar-refractivity contribution in [2.75, 3.05) is 13.2 Å². The third-order valence-electron chi connectivity index (χ3n) is 3.99. The number of pyridine rings is 1. The van der Waals surface area contributed by atoms with Gasteiger partial charge < -0.3 is 5.11 Å². The van der Waals surface area contributed by atoms with Gasteiger partial charge in [0.2, 0.25) is 0 Å². The van der Waals surface area contributed by atoms with Gasteiger partial charge >= 0.3 is 0 Å². The molecule has 0 bridgehead atoms. The van der Waals surface area contributed by atoms with Gasteiger partial charge in [-0.05, 0) is 31.0 Å². The molecule has 0 saturated carbocycles. The molecule has 1 aliphatic rings. The maximum absolute atomic E-state index is 9.50. The van der Waals surface area contributed by atoms with Crippen LogP contribution in [0.2, 0.25) is 0 Å². The van der Waals surface area contributed by atoms with Crippen molar-refractivity contribution >= 4 is 11.3 Å². The van der Waals surface area contributed by atoms with Crippen molar-refractivity contribution in [1.29, 1.82) is 0 Å². The van der Waals surface area contributed by atoms with Gasteiger partial charge in [-0.1, -0.05) is 13.0 Å². The summed E-state index contributed by atoms with van der Waals surface area (Å²) in [4.78, 5) is 11.3. The van der Waals surface area contributed by atoms with Gasteiger partial charge in [-0.15, -0.1) is 11.3 Å². The Morgan fingerprint density at radius 2 is 2.35 bits per heavy atom. The van der Waals surface area contributed by atoms with Gasteiger partial charge in [0, 0.05) is 24.2 Å². The topological polar surface area (TPSA) is 49.2 Å². The van der Waals surface area contributed by atoms with Gasteiger partial charge in [0.05, 0.1) is 18.0 Å². The molecule has 1 fully saturated rings. The van der Waals surface area contributed by atoms with Crippen molar-refractivity contribution in [3.8, 4) is 10.7 Å². The normalized spacial score (nSPS) is 23.3. The fourth-order valence-electron chi connectivity index (χ4n) is 2.77. The molecule has 0 amide bonds. The summed E-state index contributed by atoms with van der Waals surface area (Å²) in [5.41, 5.74) is 2.00. The average Bonchev–Trinajstić information content (AvgIpc) is 3.08. The minimum Gasteiger partial charge on any atom is -0.395 e. The van der Waals surface area contributed by atoms with Crippen LogP contribution in [0.1, 0.15) is 19.0 Å². The number of rotatable bonds is 4. The Kier molecular flexibility index (Phi) is 4.10. The lowest BCUT2D eigenvalue weighted by Crippen LogP contribution is -2.34. The maximum Gasteiger partial charge on any atom is 0.142 e. The van der Waals surface area contributed by atoms with Crippen molar-refractivity contribution in [2.45, 2.75) is 25.9 Å². The van der Waals surface area contributed by atoms with E-state index in [0.29, 0.717) is 5.92 Å². The van der Waals surface area contributed by atoms with Gasteiger partial charge in [-0.25, -0.2) is 4.98 Å². The molecule has 0 spiro atoms. The van der Waals surface area contributed by atoms with Crippen LogP contribution in [0.5, 0.6) is 0 Å². The van der Waals surface area contributed by atoms with Gasteiger partial charge in [0.15, 0.2) is 0 Å². The van der Waals surface area contributed by atoms with E-state index < -0.39 is 0 Å². The molecular weight excluding hydrogens is 270 g/mol. The average molecular weight is 289 g/mol. The predicted molar refractivity (Wildman–Crippen MR) is 80.4 cm³/mol. The summed E-state index contributed by atoms with van der Waals surface area (Å²) in [7, 11) is 0. The predicted octanol–water partition coefficient (Wildman–Crippen LogP) is 2.41. The number of aliphatic hydroxyl groups is 1. The number of aliphatic hydroxyl groups excluding tert-OH is 1. The monoisotopic (exact) mass is 289 g/mol. The van der Waals surface area contributed by atoms with Gasteiger partial charge in [0.25, 0.3) is 0 Å². The van der Waals surface area contributed by atoms with E-state index in [4.69, 9.17) is 0 Å². The van der Waals surface area contributed by atoms with Crippen molar-refractivity contribution in [3.63, 3.8) is 0 Å². The lowest BCUT2D eigenvalue weighted by molar-refractivity contribution is 0.133. The van der Waals surface area contributed by atoms with Crippen LogP contribution in [0.15, 0.2) is 29.8 Å². The molecule has 0 aromatic carbocycles. The highest BCUT2D eigenvalue weighted by atomic mass is 32.1. The van der Waals surface area contributed by atoms with Crippen LogP contribution in [0, 0.1) is 5.92 Å². The molecule has 3 heterocycles. The molecule has 1 aliphatic heterocycles. The molecule has 4 nitrogen and oxygen atoms in total. The Morgan fingerprint density at radius 1 is 1.45 bits per heavy atom. The Hall–Kier alpha value is -1.30. The van der Waals surface area contributed by atoms with Crippen molar-refractivity contribution in [1.82, 2.24) is 14.9 Å². The fourth-order valence-corrected chi connectivity index (χ4v) is 3.56. The minimum atomic E-state index is 0.235. The van der Waals surface area contributed by atoms with Gasteiger partial charge in [0.1, 0.15) is 5.01 Å². The first-order valence-corrected chi connectivity index (χ1v) is 7.86. The first-order valence-electron chi connectivity index (χ1n) is 6.98. The molecule has 0 radical (unpaired) electrons. The summed E-state index contributed by atoms with van der Waals surface area (Å²) < 4.78 is 0. The van der Waals surface area contributed by atoms with Crippen LogP contribution >= 0.6 is 11.3 Å². The van der Waals surface area contributed by atoms with E-state index >= 15 is 0 Å². The van der Waals surface area contributed by atoms with Crippen LogP contribution in [0.25, 0.3) is 10.7 Å². The first-order chi connectivity index (χ1) is 9.78. The second-order valence-electron chi connectivity index (χ2n) is 5.35. The number of thiazole rings is 1. The molecule has 2 aromatic rings. The smallest absolute Gasteiger partial charge is 0.142 e. The van der Waals surface area contributed by atoms with E-state index in [1.807, 2.05) is 18.2 Å². The number of nitrogens with zero attached hydrogens (tertiary/aromatic N) is 3. The fraction of sp³-hybridized carbons (Fsp3) is 0.467. The number of aromatic nitrogens is 2. The summed E-state index contributed by atoms with van der Waals surface area (Å²) in [6.07, 6.45) is 2.95. The Morgan fingerprint density at radius 3 is 3.10 bits per heavy atom. The molecule has 5 heteroatoms. The van der Waals surface area contributed by atoms with Gasteiger partial charge in [-0.3, -0.25) is 9.88 Å². The summed E-state index contributed by atoms with van der Waals surface area (Å²) in [6.45, 7) is 4.31. The molecule has 106 valence electrons. The minimum absolute atomic E-state index is 0.235. The van der Waals surface area contributed by atoms with Crippen molar-refractivity contribution in [3.05, 3.63) is 35.5 Å². The first kappa shape index (κ1) is 13.7. The summed E-state index contributed by atoms with van der Waals surface area (Å²) in [5, 5.41) is 12.6. The van der Waals surface area contributed by atoms with Crippen LogP contribution in [-0.2, 0) is 6.54 Å². The molecule has 0 aliphatic carbocycles. The molecular formula is C15H19N3OS. The third kappa shape index (κ3) is 2.75. The Balaban J connectivity index is 1.72. The number of likely N-dealkylation sites (tertiary alicyclic amines) is 1. The van der Waals surface area contributed by atoms with Crippen molar-refractivity contribution in [2.24, 2.45) is 5.92 Å². The van der Waals surface area contributed by atoms with E-state index in [1.54, 1.807) is 17.5 Å². The van der Waals surface area contributed by atoms with Crippen LogP contribution in [0.3, 0.4) is 0 Å². The number of hydrogen-bond acceptors (Lipinski definition) is 5. The maximum atomic E-state index is 9.50. The Labute approximate surface area is 123 Å². The van der Waals surface area contributed by atoms with E-state index in [-0.39, 0.29) is 12.6 Å². The SMILES string of the molecule is CC1CCN(Cc2csc(-c3ccccn3)n2)C1CO. The third-order valence-corrected chi connectivity index (χ3v) is 4.90. The lowest BCUT2D eigenvalue weighted by Gasteiger charge is -2.23. The number of hydrogen-bond donors (Lipinski definition) is 1. The standard InChI is InChI=1S/C15H19N3OS/c1-11-5-7-18(14(11)9-19)8-12-10-20-15(17-12)13-4-2-3-6-16-13/h2-4,6,10-11,14,19H,5,7-9H2,1H3. The largest absolute Gasteiger partial charge is 0.395 e. The molecule has 2 aromatic heterocycles. The second-order valence-corrected chi connectivity index (χ2v) is 6.20. The zero-order valence-corrected chi connectivity index (χ0v) is 12.4. The van der Waals surface area contributed by atoms with E-state index in [2.05, 4.69) is 27.2 Å². The second kappa shape index (κ2) is 5.99. The highest BCUT2D eigenvalue weighted by molar-refractivity contribution is 7.13. The molecule has 2 unspecified atom stereocenters. The summed E-state index contributed by atoms with van der Waals surface area (Å²) >= 11 is 1.63. The summed E-state index contributed by atoms with van der Waals surface area (Å²) in [5.74, 6) is 0.564. The van der Waals surface area contributed by atoms with Gasteiger partial charge in [-0.2, -0.15) is 0 Å². The van der Waals surface area contributed by atoms with Crippen LogP contribution in [0.4, 0.5) is 0 Å². The zero-order chi connectivity index (χ0) is 13.9. The van der Waals surface area contributed by atoms with E-state index in [9.17, 15) is 5.11 Å². The molecule has 20 heavy (non-hydrogen) atoms. The van der Waals surface area contributed by atoms with E-state index in [0.717, 1.165) is 35.9 Å². The van der Waals surface area contributed by atoms with Crippen LogP contribution < -0.4 is 0 Å². The Bertz CT molecular complexity index is 557. The lowest BCUT2D eigenvalue weighted by atomic mass is 10.0. The van der Waals surface area contributed by atoms with E-state index in [1.165, 1.54) is 0 Å². The zero-order valence-electron chi connectivity index (χ0n) is 11.6. The van der Waals surface area contributed by atoms with Crippen molar-refractivity contribution < 1.29 is 5.11 Å². The molecule has 3 rings (SSSR count). The molecule has 1 N–H and O–H groups in total. The highest BCUT2D eigenvalue weighted by Gasteiger charge is 2.30. The van der Waals surface area contributed by atoms with Crippen LogP contribution in [-0.4, -0.2) is 39.2 Å².